The Morgan fingerprint density at radius 3 is 2.10 bits per heavy atom. The van der Waals surface area contributed by atoms with Crippen molar-refractivity contribution in [1.82, 2.24) is 0 Å². The van der Waals surface area contributed by atoms with Crippen molar-refractivity contribution in [1.29, 1.82) is 0 Å². The second-order valence-electron chi connectivity index (χ2n) is 8.23. The van der Waals surface area contributed by atoms with E-state index in [1.165, 1.54) is 22.3 Å². The fourth-order valence-electron chi connectivity index (χ4n) is 4.91. The van der Waals surface area contributed by atoms with Crippen LogP contribution in [0.2, 0.25) is 9.26 Å². The van der Waals surface area contributed by atoms with Crippen molar-refractivity contribution >= 4 is 0 Å². The predicted molar refractivity (Wildman–Crippen MR) is 119 cm³/mol. The molecule has 3 aromatic carbocycles. The fraction of sp³-hybridized carbons (Fsp3) is 0.185. The molecule has 2 aliphatic carbocycles. The molecule has 0 nitrogen and oxygen atoms in total. The first-order chi connectivity index (χ1) is 13.2. The van der Waals surface area contributed by atoms with Gasteiger partial charge in [-0.15, -0.1) is 0 Å². The molecule has 0 spiro atoms. The monoisotopic (exact) mass is 512 g/mol. The largest absolute Gasteiger partial charge is 1.00 e. The van der Waals surface area contributed by atoms with E-state index in [-0.39, 0.29) is 32.2 Å². The van der Waals surface area contributed by atoms with Crippen LogP contribution >= 0.6 is 0 Å². The van der Waals surface area contributed by atoms with Gasteiger partial charge in [0.15, 0.2) is 0 Å². The molecule has 3 heteroatoms. The molecular weight excluding hydrogens is 486 g/mol. The van der Waals surface area contributed by atoms with E-state index in [0.717, 1.165) is 6.42 Å². The zero-order valence-electron chi connectivity index (χ0n) is 16.7. The van der Waals surface area contributed by atoms with Crippen LogP contribution in [-0.4, -0.2) is 0 Å². The van der Waals surface area contributed by atoms with Crippen molar-refractivity contribution in [3.63, 3.8) is 0 Å². The summed E-state index contributed by atoms with van der Waals surface area (Å²) in [6.07, 6.45) is 8.17. The number of halogens is 2. The molecule has 30 heavy (non-hydrogen) atoms. The van der Waals surface area contributed by atoms with E-state index in [9.17, 15) is 0 Å². The minimum absolute atomic E-state index is 0. The molecule has 0 bridgehead atoms. The van der Waals surface area contributed by atoms with Gasteiger partial charge >= 0.3 is 167 Å². The first-order valence-corrected chi connectivity index (χ1v) is 17.4. The molecule has 0 saturated heterocycles. The summed E-state index contributed by atoms with van der Waals surface area (Å²) < 4.78 is 7.58. The summed E-state index contributed by atoms with van der Waals surface area (Å²) in [5.41, 5.74) is 8.68. The third-order valence-electron chi connectivity index (χ3n) is 6.35. The Kier molecular flexibility index (Phi) is 8.14. The van der Waals surface area contributed by atoms with Crippen molar-refractivity contribution in [2.75, 3.05) is 0 Å². The molecule has 3 aromatic rings. The molecule has 0 fully saturated rings. The van der Waals surface area contributed by atoms with Crippen molar-refractivity contribution < 1.29 is 45.1 Å². The molecule has 154 valence electrons. The van der Waals surface area contributed by atoms with Crippen LogP contribution in [0.3, 0.4) is 0 Å². The van der Waals surface area contributed by atoms with E-state index < -0.39 is 20.3 Å². The van der Waals surface area contributed by atoms with E-state index in [1.54, 1.807) is 14.4 Å². The SMILES string of the molecule is C.[CH3][Zr+2]([CH3])([C]1=CC=CC1)[CH]1c2ccccc2-c2ccc(-c3ccccc3)cc21.[Cl-].[Cl-]. The zero-order chi connectivity index (χ0) is 18.4. The molecular formula is C27H28Cl2Zr. The summed E-state index contributed by atoms with van der Waals surface area (Å²) in [5, 5.41) is 0. The molecule has 0 radical (unpaired) electrons. The van der Waals surface area contributed by atoms with Crippen molar-refractivity contribution in [3.05, 3.63) is 105 Å². The average Bonchev–Trinajstić information content (AvgIpc) is 3.35. The second-order valence-corrected chi connectivity index (χ2v) is 19.7. The molecule has 2 aliphatic rings. The van der Waals surface area contributed by atoms with Gasteiger partial charge in [-0.05, 0) is 0 Å². The van der Waals surface area contributed by atoms with Crippen molar-refractivity contribution in [3.8, 4) is 22.3 Å². The smallest absolute Gasteiger partial charge is 1.00 e. The summed E-state index contributed by atoms with van der Waals surface area (Å²) in [7, 11) is 0. The second kappa shape index (κ2) is 9.82. The molecule has 1 atom stereocenters. The molecule has 5 rings (SSSR count). The maximum absolute atomic E-state index is 2.62. The summed E-state index contributed by atoms with van der Waals surface area (Å²) in [6, 6.07) is 27.0. The number of benzene rings is 3. The van der Waals surface area contributed by atoms with Crippen molar-refractivity contribution in [2.45, 2.75) is 26.7 Å². The van der Waals surface area contributed by atoms with E-state index >= 15 is 0 Å². The fourth-order valence-corrected chi connectivity index (χ4v) is 13.7. The Labute approximate surface area is 198 Å². The Bertz CT molecular complexity index is 1080. The number of fused-ring (bicyclic) bond motifs is 3. The van der Waals surface area contributed by atoms with Crippen LogP contribution in [0.4, 0.5) is 0 Å². The third-order valence-corrected chi connectivity index (χ3v) is 16.4. The van der Waals surface area contributed by atoms with Crippen LogP contribution in [0.15, 0.2) is 94.3 Å². The summed E-state index contributed by atoms with van der Waals surface area (Å²) in [4.78, 5) is 0. The van der Waals surface area contributed by atoms with Gasteiger partial charge in [-0.25, -0.2) is 0 Å². The standard InChI is InChI=1S/C19H13.C5H5.CH4.2CH3.2ClH.Zr/c1-2-6-14(7-3-1)15-10-11-19-17(12-15)13-16-8-4-5-9-18(16)19;1-2-4-5-3-1;;;;;;/h1-13H;1-3H,4H2;1H4;2*1H3;2*1H;/q;;;;;;;+2/p-2. The van der Waals surface area contributed by atoms with Crippen LogP contribution in [0.25, 0.3) is 22.3 Å². The molecule has 0 N–H and O–H groups in total. The summed E-state index contributed by atoms with van der Waals surface area (Å²) in [5.74, 6) is 0. The Morgan fingerprint density at radius 2 is 1.40 bits per heavy atom. The maximum Gasteiger partial charge on any atom is -1.00 e. The molecule has 0 amide bonds. The molecule has 0 heterocycles. The van der Waals surface area contributed by atoms with Gasteiger partial charge in [0.1, 0.15) is 0 Å². The number of allylic oxidation sites excluding steroid dienone is 4. The minimum atomic E-state index is -2.56. The van der Waals surface area contributed by atoms with Crippen LogP contribution in [0.5, 0.6) is 0 Å². The van der Waals surface area contributed by atoms with E-state index in [0.29, 0.717) is 3.63 Å². The quantitative estimate of drug-likeness (QED) is 0.503. The zero-order valence-corrected chi connectivity index (χ0v) is 20.7. The first kappa shape index (κ1) is 24.9. The van der Waals surface area contributed by atoms with E-state index in [1.807, 2.05) is 0 Å². The normalized spacial score (nSPS) is 15.3. The van der Waals surface area contributed by atoms with Gasteiger partial charge < -0.3 is 24.8 Å². The van der Waals surface area contributed by atoms with Crippen LogP contribution in [0, 0.1) is 0 Å². The van der Waals surface area contributed by atoms with Gasteiger partial charge in [0, 0.05) is 0 Å². The van der Waals surface area contributed by atoms with Crippen molar-refractivity contribution in [2.24, 2.45) is 0 Å². The minimum Gasteiger partial charge on any atom is -1.00 e. The number of rotatable bonds is 3. The summed E-state index contributed by atoms with van der Waals surface area (Å²) >= 11 is -2.56. The number of hydrogen-bond acceptors (Lipinski definition) is 0. The van der Waals surface area contributed by atoms with Gasteiger partial charge in [-0.1, -0.05) is 7.43 Å². The van der Waals surface area contributed by atoms with Gasteiger partial charge in [0.25, 0.3) is 0 Å². The predicted octanol–water partition coefficient (Wildman–Crippen LogP) is 2.16. The number of hydrogen-bond donors (Lipinski definition) is 0. The summed E-state index contributed by atoms with van der Waals surface area (Å²) in [6.45, 7) is 0. The maximum atomic E-state index is 2.62. The molecule has 0 aromatic heterocycles. The van der Waals surface area contributed by atoms with Crippen LogP contribution in [-0.2, 0) is 20.3 Å². The average molecular weight is 515 g/mol. The Morgan fingerprint density at radius 1 is 0.733 bits per heavy atom. The van der Waals surface area contributed by atoms with Crippen LogP contribution < -0.4 is 24.8 Å². The topological polar surface area (TPSA) is 0 Å². The molecule has 1 unspecified atom stereocenters. The molecule has 0 aliphatic heterocycles. The van der Waals surface area contributed by atoms with Crippen LogP contribution in [0.1, 0.15) is 28.6 Å². The van der Waals surface area contributed by atoms with Gasteiger partial charge in [0.2, 0.25) is 0 Å². The third kappa shape index (κ3) is 4.05. The van der Waals surface area contributed by atoms with Gasteiger partial charge in [0.05, 0.1) is 0 Å². The van der Waals surface area contributed by atoms with Gasteiger partial charge in [-0.2, -0.15) is 0 Å². The van der Waals surface area contributed by atoms with E-state index in [4.69, 9.17) is 0 Å². The first-order valence-electron chi connectivity index (χ1n) is 9.81. The van der Waals surface area contributed by atoms with Gasteiger partial charge in [-0.3, -0.25) is 0 Å². The Hall–Kier alpha value is -1.40. The van der Waals surface area contributed by atoms with E-state index in [2.05, 4.69) is 100 Å². The molecule has 0 saturated carbocycles. The Balaban J connectivity index is 0.00000107.